The maximum Gasteiger partial charge on any atom is 0.174 e. The molecule has 80 valence electrons. The van der Waals surface area contributed by atoms with E-state index in [1.165, 1.54) is 0 Å². The van der Waals surface area contributed by atoms with E-state index in [0.717, 1.165) is 11.1 Å². The summed E-state index contributed by atoms with van der Waals surface area (Å²) in [5.74, 6) is 0.0340. The van der Waals surface area contributed by atoms with Crippen LogP contribution in [0.1, 0.15) is 17.3 Å². The molecule has 1 aliphatic carbocycles. The van der Waals surface area contributed by atoms with Gasteiger partial charge in [0.05, 0.1) is 5.92 Å². The Morgan fingerprint density at radius 2 is 1.94 bits per heavy atom. The first kappa shape index (κ1) is 10.6. The summed E-state index contributed by atoms with van der Waals surface area (Å²) in [4.78, 5) is 12.2. The van der Waals surface area contributed by atoms with Gasteiger partial charge in [0, 0.05) is 5.56 Å². The molecule has 1 aromatic carbocycles. The smallest absolute Gasteiger partial charge is 0.174 e. The van der Waals surface area contributed by atoms with Crippen LogP contribution in [-0.2, 0) is 0 Å². The Morgan fingerprint density at radius 1 is 1.19 bits per heavy atom. The second-order valence-corrected chi connectivity index (χ2v) is 3.74. The van der Waals surface area contributed by atoms with Crippen molar-refractivity contribution in [2.24, 2.45) is 5.92 Å². The van der Waals surface area contributed by atoms with Crippen molar-refractivity contribution in [2.75, 3.05) is 0 Å². The first-order valence-electron chi connectivity index (χ1n) is 5.43. The highest BCUT2D eigenvalue weighted by atomic mass is 16.1. The predicted molar refractivity (Wildman–Crippen MR) is 66.3 cm³/mol. The molecule has 16 heavy (non-hydrogen) atoms. The normalized spacial score (nSPS) is 21.3. The minimum absolute atomic E-state index is 0.127. The lowest BCUT2D eigenvalue weighted by Gasteiger charge is -2.15. The van der Waals surface area contributed by atoms with Crippen LogP contribution in [0, 0.1) is 5.92 Å². The van der Waals surface area contributed by atoms with E-state index in [9.17, 15) is 4.79 Å². The Hall–Kier alpha value is -1.89. The molecule has 0 fully saturated rings. The van der Waals surface area contributed by atoms with Crippen molar-refractivity contribution in [3.63, 3.8) is 0 Å². The van der Waals surface area contributed by atoms with E-state index in [2.05, 4.69) is 0 Å². The molecular weight excluding hydrogens is 196 g/mol. The van der Waals surface area contributed by atoms with E-state index in [1.807, 2.05) is 67.6 Å². The van der Waals surface area contributed by atoms with Crippen LogP contribution in [0.4, 0.5) is 0 Å². The summed E-state index contributed by atoms with van der Waals surface area (Å²) in [5.41, 5.74) is 1.84. The summed E-state index contributed by atoms with van der Waals surface area (Å²) in [6.45, 7) is 1.96. The lowest BCUT2D eigenvalue weighted by molar-refractivity contribution is 0.0961. The Kier molecular flexibility index (Phi) is 3.16. The number of benzene rings is 1. The van der Waals surface area contributed by atoms with Gasteiger partial charge in [-0.2, -0.15) is 0 Å². The van der Waals surface area contributed by atoms with E-state index in [0.29, 0.717) is 0 Å². The standard InChI is InChI=1S/C15H14O/c1-2-12-8-6-7-11-14(12)15(16)13-9-4-3-5-10-13/h2-11,14H,1H3. The molecule has 2 rings (SSSR count). The molecule has 1 aliphatic rings. The van der Waals surface area contributed by atoms with E-state index in [1.54, 1.807) is 0 Å². The number of rotatable bonds is 2. The lowest BCUT2D eigenvalue weighted by atomic mass is 9.87. The number of hydrogen-bond donors (Lipinski definition) is 0. The van der Waals surface area contributed by atoms with Gasteiger partial charge in [0.2, 0.25) is 0 Å². The SMILES string of the molecule is CC=C1C=CC=CC1C(=O)c1ccccc1. The molecular formula is C15H14O. The minimum Gasteiger partial charge on any atom is -0.293 e. The fraction of sp³-hybridized carbons (Fsp3) is 0.133. The number of carbonyl (C=O) groups is 1. The van der Waals surface area contributed by atoms with Crippen molar-refractivity contribution in [3.05, 3.63) is 71.8 Å². The summed E-state index contributed by atoms with van der Waals surface area (Å²) in [7, 11) is 0. The van der Waals surface area contributed by atoms with Gasteiger partial charge in [-0.05, 0) is 12.5 Å². The summed E-state index contributed by atoms with van der Waals surface area (Å²) in [5, 5.41) is 0. The minimum atomic E-state index is -0.127. The molecule has 1 unspecified atom stereocenters. The molecule has 0 saturated carbocycles. The topological polar surface area (TPSA) is 17.1 Å². The highest BCUT2D eigenvalue weighted by Gasteiger charge is 2.20. The van der Waals surface area contributed by atoms with Crippen LogP contribution in [0.5, 0.6) is 0 Å². The zero-order valence-electron chi connectivity index (χ0n) is 9.26. The molecule has 0 N–H and O–H groups in total. The fourth-order valence-corrected chi connectivity index (χ4v) is 1.85. The number of ketones is 1. The molecule has 0 bridgehead atoms. The van der Waals surface area contributed by atoms with Crippen LogP contribution in [0.3, 0.4) is 0 Å². The summed E-state index contributed by atoms with van der Waals surface area (Å²) < 4.78 is 0. The highest BCUT2D eigenvalue weighted by molar-refractivity contribution is 6.01. The van der Waals surface area contributed by atoms with Crippen molar-refractivity contribution >= 4 is 5.78 Å². The fourth-order valence-electron chi connectivity index (χ4n) is 1.85. The third kappa shape index (κ3) is 2.03. The molecule has 0 amide bonds. The zero-order valence-corrected chi connectivity index (χ0v) is 9.26. The molecule has 0 heterocycles. The molecule has 1 aromatic rings. The van der Waals surface area contributed by atoms with E-state index < -0.39 is 0 Å². The van der Waals surface area contributed by atoms with Crippen molar-refractivity contribution in [1.82, 2.24) is 0 Å². The molecule has 0 aliphatic heterocycles. The third-order valence-electron chi connectivity index (χ3n) is 2.74. The monoisotopic (exact) mass is 210 g/mol. The predicted octanol–water partition coefficient (Wildman–Crippen LogP) is 3.56. The Bertz CT molecular complexity index is 463. The van der Waals surface area contributed by atoms with Gasteiger partial charge in [0.1, 0.15) is 0 Å². The molecule has 1 nitrogen and oxygen atoms in total. The number of allylic oxidation sites excluding steroid dienone is 6. The van der Waals surface area contributed by atoms with E-state index in [4.69, 9.17) is 0 Å². The Labute approximate surface area is 95.8 Å². The zero-order chi connectivity index (χ0) is 11.4. The highest BCUT2D eigenvalue weighted by Crippen LogP contribution is 2.22. The molecule has 1 atom stereocenters. The van der Waals surface area contributed by atoms with Crippen LogP contribution in [-0.4, -0.2) is 5.78 Å². The maximum absolute atomic E-state index is 12.2. The van der Waals surface area contributed by atoms with Gasteiger partial charge in [0.15, 0.2) is 5.78 Å². The Balaban J connectivity index is 2.29. The molecule has 0 radical (unpaired) electrons. The van der Waals surface area contributed by atoms with Crippen molar-refractivity contribution in [2.45, 2.75) is 6.92 Å². The molecule has 0 saturated heterocycles. The van der Waals surface area contributed by atoms with Gasteiger partial charge >= 0.3 is 0 Å². The van der Waals surface area contributed by atoms with Gasteiger partial charge in [-0.1, -0.05) is 60.7 Å². The van der Waals surface area contributed by atoms with E-state index >= 15 is 0 Å². The Morgan fingerprint density at radius 3 is 2.62 bits per heavy atom. The number of carbonyl (C=O) groups excluding carboxylic acids is 1. The molecule has 0 aromatic heterocycles. The summed E-state index contributed by atoms with van der Waals surface area (Å²) in [6.07, 6.45) is 9.82. The second kappa shape index (κ2) is 4.75. The van der Waals surface area contributed by atoms with E-state index in [-0.39, 0.29) is 11.7 Å². The van der Waals surface area contributed by atoms with Crippen LogP contribution in [0.15, 0.2) is 66.3 Å². The molecule has 1 heteroatoms. The number of Topliss-reactive ketones (excluding diaryl/α,β-unsaturated/α-hetero) is 1. The van der Waals surface area contributed by atoms with Crippen LogP contribution < -0.4 is 0 Å². The number of hydrogen-bond acceptors (Lipinski definition) is 1. The van der Waals surface area contributed by atoms with Crippen LogP contribution in [0.25, 0.3) is 0 Å². The van der Waals surface area contributed by atoms with Gasteiger partial charge in [-0.25, -0.2) is 0 Å². The van der Waals surface area contributed by atoms with Crippen LogP contribution >= 0.6 is 0 Å². The molecule has 0 spiro atoms. The van der Waals surface area contributed by atoms with Crippen LogP contribution in [0.2, 0.25) is 0 Å². The van der Waals surface area contributed by atoms with Crippen molar-refractivity contribution < 1.29 is 4.79 Å². The lowest BCUT2D eigenvalue weighted by Crippen LogP contribution is -2.15. The van der Waals surface area contributed by atoms with Gasteiger partial charge in [0.25, 0.3) is 0 Å². The van der Waals surface area contributed by atoms with Crippen molar-refractivity contribution in [1.29, 1.82) is 0 Å². The third-order valence-corrected chi connectivity index (χ3v) is 2.74. The average Bonchev–Trinajstić information content (AvgIpc) is 2.39. The van der Waals surface area contributed by atoms with Crippen molar-refractivity contribution in [3.8, 4) is 0 Å². The van der Waals surface area contributed by atoms with Gasteiger partial charge in [-0.3, -0.25) is 4.79 Å². The summed E-state index contributed by atoms with van der Waals surface area (Å²) in [6, 6.07) is 9.43. The quantitative estimate of drug-likeness (QED) is 0.682. The summed E-state index contributed by atoms with van der Waals surface area (Å²) >= 11 is 0. The second-order valence-electron chi connectivity index (χ2n) is 3.74. The van der Waals surface area contributed by atoms with Gasteiger partial charge in [-0.15, -0.1) is 0 Å². The average molecular weight is 210 g/mol. The van der Waals surface area contributed by atoms with Gasteiger partial charge < -0.3 is 0 Å². The first-order valence-corrected chi connectivity index (χ1v) is 5.43. The first-order chi connectivity index (χ1) is 7.83. The maximum atomic E-state index is 12.2. The largest absolute Gasteiger partial charge is 0.293 e.